The molecule has 0 spiro atoms. The lowest BCUT2D eigenvalue weighted by Crippen LogP contribution is -2.47. The number of aliphatic imine (C=N–C) groups is 1. The molecule has 0 unspecified atom stereocenters. The molecule has 1 saturated carbocycles. The Morgan fingerprint density at radius 3 is 2.35 bits per heavy atom. The molecule has 0 bridgehead atoms. The number of hydrogen-bond acceptors (Lipinski definition) is 3. The van der Waals surface area contributed by atoms with E-state index in [4.69, 9.17) is 9.73 Å². The Hall–Kier alpha value is -1.28. The first-order valence-electron chi connectivity index (χ1n) is 12.0. The molecule has 1 aromatic rings. The van der Waals surface area contributed by atoms with Crippen LogP contribution in [0.1, 0.15) is 51.0 Å². The van der Waals surface area contributed by atoms with Crippen molar-refractivity contribution in [2.75, 3.05) is 44.2 Å². The molecular weight excluding hydrogens is 499 g/mol. The Balaban J connectivity index is 0.00000272. The lowest BCUT2D eigenvalue weighted by atomic mass is 10.1. The van der Waals surface area contributed by atoms with Gasteiger partial charge in [0, 0.05) is 45.0 Å². The van der Waals surface area contributed by atoms with E-state index in [0.29, 0.717) is 6.10 Å². The zero-order valence-electron chi connectivity index (χ0n) is 19.0. The van der Waals surface area contributed by atoms with E-state index in [1.807, 2.05) is 0 Å². The van der Waals surface area contributed by atoms with Gasteiger partial charge in [-0.3, -0.25) is 0 Å². The highest BCUT2D eigenvalue weighted by atomic mass is 127. The molecule has 6 heteroatoms. The van der Waals surface area contributed by atoms with E-state index in [2.05, 4.69) is 58.5 Å². The summed E-state index contributed by atoms with van der Waals surface area (Å²) in [7, 11) is 0. The molecule has 0 atom stereocenters. The maximum absolute atomic E-state index is 6.24. The Labute approximate surface area is 205 Å². The van der Waals surface area contributed by atoms with Gasteiger partial charge in [0.1, 0.15) is 0 Å². The zero-order valence-corrected chi connectivity index (χ0v) is 21.3. The van der Waals surface area contributed by atoms with E-state index >= 15 is 0 Å². The molecule has 0 aromatic heterocycles. The van der Waals surface area contributed by atoms with Gasteiger partial charge >= 0.3 is 0 Å². The van der Waals surface area contributed by atoms with Crippen LogP contribution in [0.2, 0.25) is 0 Å². The van der Waals surface area contributed by atoms with Gasteiger partial charge in [0.05, 0.1) is 12.6 Å². The van der Waals surface area contributed by atoms with E-state index < -0.39 is 0 Å². The third-order valence-electron chi connectivity index (χ3n) is 6.65. The number of nitrogens with one attached hydrogen (secondary N) is 1. The van der Waals surface area contributed by atoms with Crippen LogP contribution in [-0.4, -0.2) is 56.3 Å². The van der Waals surface area contributed by atoms with Crippen molar-refractivity contribution in [3.8, 4) is 0 Å². The number of likely N-dealkylation sites (tertiary alicyclic amines) is 1. The minimum atomic E-state index is 0. The molecule has 1 N–H and O–H groups in total. The molecule has 5 nitrogen and oxygen atoms in total. The summed E-state index contributed by atoms with van der Waals surface area (Å²) in [5, 5.41) is 3.49. The quantitative estimate of drug-likeness (QED) is 0.234. The third kappa shape index (κ3) is 7.11. The standard InChI is InChI=1S/C25H38N4O.HI/c1-2-26-25(27-19-21-9-11-23(12-10-21)28-15-5-6-16-28)29-17-13-24(14-18-29)30-20-22-7-3-4-8-22;/h5-6,9-12,22,24H,2-4,7-8,13-20H2,1H3,(H,26,27);1H. The smallest absolute Gasteiger partial charge is 0.194 e. The molecule has 1 saturated heterocycles. The number of anilines is 1. The maximum Gasteiger partial charge on any atom is 0.194 e. The molecule has 0 amide bonds. The van der Waals surface area contributed by atoms with Crippen LogP contribution in [0, 0.1) is 5.92 Å². The normalized spacial score (nSPS) is 20.4. The summed E-state index contributed by atoms with van der Waals surface area (Å²) in [5.41, 5.74) is 2.55. The van der Waals surface area contributed by atoms with Crippen LogP contribution in [0.5, 0.6) is 0 Å². The Kier molecular flexibility index (Phi) is 9.96. The van der Waals surface area contributed by atoms with Crippen LogP contribution in [-0.2, 0) is 11.3 Å². The van der Waals surface area contributed by atoms with Gasteiger partial charge in [-0.15, -0.1) is 24.0 Å². The summed E-state index contributed by atoms with van der Waals surface area (Å²) < 4.78 is 6.24. The van der Waals surface area contributed by atoms with Crippen molar-refractivity contribution in [3.05, 3.63) is 42.0 Å². The van der Waals surface area contributed by atoms with E-state index in [1.165, 1.54) is 36.9 Å². The van der Waals surface area contributed by atoms with Gasteiger partial charge in [-0.1, -0.05) is 37.1 Å². The van der Waals surface area contributed by atoms with E-state index in [-0.39, 0.29) is 24.0 Å². The minimum absolute atomic E-state index is 0. The number of piperidine rings is 1. The summed E-state index contributed by atoms with van der Waals surface area (Å²) in [6.45, 7) is 8.83. The first-order chi connectivity index (χ1) is 14.8. The van der Waals surface area contributed by atoms with Crippen LogP contribution in [0.3, 0.4) is 0 Å². The van der Waals surface area contributed by atoms with Gasteiger partial charge in [-0.25, -0.2) is 4.99 Å². The van der Waals surface area contributed by atoms with Gasteiger partial charge in [0.15, 0.2) is 5.96 Å². The average molecular weight is 539 g/mol. The SMILES string of the molecule is CCNC(=NCc1ccc(N2CC=CC2)cc1)N1CCC(OCC2CCCC2)CC1.I. The number of hydrogen-bond donors (Lipinski definition) is 1. The fourth-order valence-electron chi connectivity index (χ4n) is 4.78. The van der Waals surface area contributed by atoms with Crippen LogP contribution >= 0.6 is 24.0 Å². The zero-order chi connectivity index (χ0) is 20.6. The number of benzene rings is 1. The minimum Gasteiger partial charge on any atom is -0.378 e. The van der Waals surface area contributed by atoms with E-state index in [0.717, 1.165) is 70.6 Å². The number of guanidine groups is 1. The Bertz CT molecular complexity index is 699. The van der Waals surface area contributed by atoms with Crippen molar-refractivity contribution in [3.63, 3.8) is 0 Å². The van der Waals surface area contributed by atoms with Crippen molar-refractivity contribution in [2.24, 2.45) is 10.9 Å². The predicted octanol–water partition coefficient (Wildman–Crippen LogP) is 4.82. The Morgan fingerprint density at radius 2 is 1.71 bits per heavy atom. The van der Waals surface area contributed by atoms with Crippen molar-refractivity contribution in [1.82, 2.24) is 10.2 Å². The van der Waals surface area contributed by atoms with Gasteiger partial charge in [-0.05, 0) is 56.2 Å². The largest absolute Gasteiger partial charge is 0.378 e. The van der Waals surface area contributed by atoms with Gasteiger partial charge in [-0.2, -0.15) is 0 Å². The van der Waals surface area contributed by atoms with Crippen LogP contribution in [0.25, 0.3) is 0 Å². The summed E-state index contributed by atoms with van der Waals surface area (Å²) in [6.07, 6.45) is 12.6. The number of nitrogens with zero attached hydrogens (tertiary/aromatic N) is 3. The molecule has 1 aliphatic carbocycles. The van der Waals surface area contributed by atoms with Crippen molar-refractivity contribution in [1.29, 1.82) is 0 Å². The highest BCUT2D eigenvalue weighted by Gasteiger charge is 2.24. The molecule has 31 heavy (non-hydrogen) atoms. The molecular formula is C25H39IN4O. The second-order valence-corrected chi connectivity index (χ2v) is 8.88. The van der Waals surface area contributed by atoms with Crippen molar-refractivity contribution < 1.29 is 4.74 Å². The second kappa shape index (κ2) is 12.7. The van der Waals surface area contributed by atoms with Crippen LogP contribution in [0.15, 0.2) is 41.4 Å². The van der Waals surface area contributed by atoms with E-state index in [1.54, 1.807) is 0 Å². The van der Waals surface area contributed by atoms with Crippen LogP contribution in [0.4, 0.5) is 5.69 Å². The van der Waals surface area contributed by atoms with Gasteiger partial charge in [0.2, 0.25) is 0 Å². The lowest BCUT2D eigenvalue weighted by Gasteiger charge is -2.34. The monoisotopic (exact) mass is 538 g/mol. The van der Waals surface area contributed by atoms with Crippen molar-refractivity contribution >= 4 is 35.6 Å². The number of ether oxygens (including phenoxy) is 1. The molecule has 2 heterocycles. The fourth-order valence-corrected chi connectivity index (χ4v) is 4.78. The summed E-state index contributed by atoms with van der Waals surface area (Å²) in [5.74, 6) is 1.86. The highest BCUT2D eigenvalue weighted by molar-refractivity contribution is 14.0. The maximum atomic E-state index is 6.24. The molecule has 172 valence electrons. The average Bonchev–Trinajstić information content (AvgIpc) is 3.51. The number of rotatable bonds is 7. The summed E-state index contributed by atoms with van der Waals surface area (Å²) in [4.78, 5) is 9.71. The summed E-state index contributed by atoms with van der Waals surface area (Å²) >= 11 is 0. The summed E-state index contributed by atoms with van der Waals surface area (Å²) in [6, 6.07) is 8.86. The van der Waals surface area contributed by atoms with Gasteiger partial charge < -0.3 is 19.9 Å². The molecule has 1 aromatic carbocycles. The first kappa shape index (κ1) is 24.4. The number of halogens is 1. The molecule has 4 rings (SSSR count). The third-order valence-corrected chi connectivity index (χ3v) is 6.65. The lowest BCUT2D eigenvalue weighted by molar-refractivity contribution is 0.00101. The van der Waals surface area contributed by atoms with Gasteiger partial charge in [0.25, 0.3) is 0 Å². The Morgan fingerprint density at radius 1 is 1.03 bits per heavy atom. The predicted molar refractivity (Wildman–Crippen MR) is 141 cm³/mol. The second-order valence-electron chi connectivity index (χ2n) is 8.88. The fraction of sp³-hybridized carbons (Fsp3) is 0.640. The highest BCUT2D eigenvalue weighted by Crippen LogP contribution is 2.26. The molecule has 3 aliphatic rings. The molecule has 0 radical (unpaired) electrons. The van der Waals surface area contributed by atoms with Crippen molar-refractivity contribution in [2.45, 2.75) is 58.1 Å². The first-order valence-corrected chi connectivity index (χ1v) is 12.0. The van der Waals surface area contributed by atoms with E-state index in [9.17, 15) is 0 Å². The molecule has 2 fully saturated rings. The topological polar surface area (TPSA) is 40.1 Å². The van der Waals surface area contributed by atoms with Crippen LogP contribution < -0.4 is 10.2 Å². The molecule has 2 aliphatic heterocycles.